The lowest BCUT2D eigenvalue weighted by atomic mass is 10.1. The number of amides is 1. The second kappa shape index (κ2) is 9.92. The number of thioether (sulfide) groups is 4. The lowest BCUT2D eigenvalue weighted by Gasteiger charge is -2.32. The van der Waals surface area contributed by atoms with Crippen LogP contribution in [-0.2, 0) is 9.53 Å². The minimum absolute atomic E-state index is 0.256. The van der Waals surface area contributed by atoms with Crippen LogP contribution in [0.25, 0.3) is 0 Å². The molecule has 8 heteroatoms. The summed E-state index contributed by atoms with van der Waals surface area (Å²) in [5.74, 6) is -0.437. The van der Waals surface area contributed by atoms with Gasteiger partial charge in [-0.1, -0.05) is 11.8 Å². The van der Waals surface area contributed by atoms with Gasteiger partial charge in [-0.05, 0) is 44.4 Å². The van der Waals surface area contributed by atoms with Crippen LogP contribution in [0.1, 0.15) is 13.8 Å². The molecule has 0 heterocycles. The first-order chi connectivity index (χ1) is 9.43. The first kappa shape index (κ1) is 20.1. The zero-order valence-corrected chi connectivity index (χ0v) is 15.8. The average Bonchev–Trinajstić information content (AvgIpc) is 2.45. The van der Waals surface area contributed by atoms with Crippen LogP contribution in [0.5, 0.6) is 0 Å². The summed E-state index contributed by atoms with van der Waals surface area (Å²) in [6, 6.07) is 0. The number of hydrogen-bond acceptors (Lipinski definition) is 7. The number of nitrogens with one attached hydrogen (secondary N) is 1. The predicted octanol–water partition coefficient (Wildman–Crippen LogP) is 3.64. The third-order valence-corrected chi connectivity index (χ3v) is 6.55. The van der Waals surface area contributed by atoms with Crippen molar-refractivity contribution in [3.63, 3.8) is 0 Å². The minimum Gasteiger partial charge on any atom is -0.463 e. The van der Waals surface area contributed by atoms with Crippen LogP contribution in [0.15, 0.2) is 9.81 Å². The molecule has 0 radical (unpaired) electrons. The van der Waals surface area contributed by atoms with Crippen LogP contribution in [-0.4, -0.2) is 47.7 Å². The molecule has 1 amide bonds. The molecule has 0 bridgehead atoms. The third-order valence-electron chi connectivity index (χ3n) is 2.54. The largest absolute Gasteiger partial charge is 0.463 e. The van der Waals surface area contributed by atoms with Crippen LogP contribution in [0.2, 0.25) is 0 Å². The maximum absolute atomic E-state index is 12.4. The second-order valence-electron chi connectivity index (χ2n) is 3.54. The van der Waals surface area contributed by atoms with E-state index < -0.39 is 10.8 Å². The third kappa shape index (κ3) is 4.82. The summed E-state index contributed by atoms with van der Waals surface area (Å²) in [6.07, 6.45) is 7.36. The summed E-state index contributed by atoms with van der Waals surface area (Å²) in [7, 11) is 0. The Hall–Kier alpha value is 0.0800. The van der Waals surface area contributed by atoms with Gasteiger partial charge in [0.1, 0.15) is 0 Å². The molecule has 0 aromatic rings. The Morgan fingerprint density at radius 2 is 1.65 bits per heavy atom. The van der Waals surface area contributed by atoms with Crippen molar-refractivity contribution in [1.29, 1.82) is 0 Å². The van der Waals surface area contributed by atoms with E-state index in [0.717, 1.165) is 21.6 Å². The molecule has 1 N–H and O–H groups in total. The van der Waals surface area contributed by atoms with Gasteiger partial charge in [0.05, 0.1) is 6.61 Å². The zero-order valence-electron chi connectivity index (χ0n) is 12.6. The van der Waals surface area contributed by atoms with E-state index in [1.807, 2.05) is 19.4 Å². The summed E-state index contributed by atoms with van der Waals surface area (Å²) in [6.45, 7) is 3.89. The maximum Gasteiger partial charge on any atom is 0.347 e. The van der Waals surface area contributed by atoms with E-state index in [9.17, 15) is 9.59 Å². The highest BCUT2D eigenvalue weighted by Gasteiger charge is 2.44. The number of hydrogen-bond donors (Lipinski definition) is 1. The topological polar surface area (TPSA) is 55.4 Å². The van der Waals surface area contributed by atoms with Gasteiger partial charge in [-0.25, -0.2) is 4.79 Å². The van der Waals surface area contributed by atoms with E-state index >= 15 is 0 Å². The van der Waals surface area contributed by atoms with Crippen molar-refractivity contribution in [2.24, 2.45) is 0 Å². The number of esters is 1. The standard InChI is InChI=1S/C12H21NO3S4/c1-7-16-10(14)12(20-6,13-11(15)19-5)8(2)9(17-3)18-4/h7H2,1-6H3,(H,13,15). The van der Waals surface area contributed by atoms with Crippen molar-refractivity contribution in [3.05, 3.63) is 9.81 Å². The highest BCUT2D eigenvalue weighted by molar-refractivity contribution is 8.21. The molecule has 20 heavy (non-hydrogen) atoms. The number of rotatable bonds is 7. The Balaban J connectivity index is 5.81. The Labute approximate surface area is 138 Å². The normalized spacial score (nSPS) is 13.3. The molecule has 0 aliphatic rings. The monoisotopic (exact) mass is 355 g/mol. The van der Waals surface area contributed by atoms with Gasteiger partial charge in [-0.3, -0.25) is 4.79 Å². The fourth-order valence-corrected chi connectivity index (χ4v) is 4.41. The van der Waals surface area contributed by atoms with Crippen LogP contribution < -0.4 is 5.32 Å². The van der Waals surface area contributed by atoms with Gasteiger partial charge < -0.3 is 10.1 Å². The molecule has 0 saturated heterocycles. The first-order valence-corrected chi connectivity index (χ1v) is 10.7. The Morgan fingerprint density at radius 1 is 1.10 bits per heavy atom. The van der Waals surface area contributed by atoms with Crippen molar-refractivity contribution < 1.29 is 14.3 Å². The molecule has 0 rings (SSSR count). The fourth-order valence-electron chi connectivity index (χ4n) is 1.55. The summed E-state index contributed by atoms with van der Waals surface area (Å²) in [5, 5.41) is 2.54. The Morgan fingerprint density at radius 3 is 2.00 bits per heavy atom. The molecule has 0 fully saturated rings. The fraction of sp³-hybridized carbons (Fsp3) is 0.667. The van der Waals surface area contributed by atoms with E-state index in [4.69, 9.17) is 4.74 Å². The molecule has 0 saturated carbocycles. The lowest BCUT2D eigenvalue weighted by molar-refractivity contribution is -0.145. The molecule has 116 valence electrons. The molecule has 4 nitrogen and oxygen atoms in total. The first-order valence-electron chi connectivity index (χ1n) is 5.81. The maximum atomic E-state index is 12.4. The number of carbonyl (C=O) groups excluding carboxylic acids is 2. The van der Waals surface area contributed by atoms with Gasteiger partial charge in [0.25, 0.3) is 5.24 Å². The van der Waals surface area contributed by atoms with Gasteiger partial charge in [0.15, 0.2) is 0 Å². The van der Waals surface area contributed by atoms with Crippen LogP contribution in [0, 0.1) is 0 Å². The van der Waals surface area contributed by atoms with Crippen molar-refractivity contribution in [3.8, 4) is 0 Å². The Bertz CT molecular complexity index is 381. The van der Waals surface area contributed by atoms with E-state index in [2.05, 4.69) is 5.32 Å². The predicted molar refractivity (Wildman–Crippen MR) is 94.7 cm³/mol. The van der Waals surface area contributed by atoms with Crippen molar-refractivity contribution >= 4 is 58.3 Å². The minimum atomic E-state index is -1.17. The summed E-state index contributed by atoms with van der Waals surface area (Å²) >= 11 is 5.42. The van der Waals surface area contributed by atoms with Crippen molar-refractivity contribution in [2.45, 2.75) is 18.7 Å². The van der Waals surface area contributed by atoms with Crippen molar-refractivity contribution in [2.75, 3.05) is 31.6 Å². The smallest absolute Gasteiger partial charge is 0.347 e. The highest BCUT2D eigenvalue weighted by atomic mass is 32.2. The molecular weight excluding hydrogens is 334 g/mol. The van der Waals surface area contributed by atoms with Crippen molar-refractivity contribution in [1.82, 2.24) is 5.32 Å². The highest BCUT2D eigenvalue weighted by Crippen LogP contribution is 2.39. The SMILES string of the molecule is CCOC(=O)C(NC(=O)SC)(SC)C(C)=C(SC)SC. The van der Waals surface area contributed by atoms with Crippen LogP contribution in [0.3, 0.4) is 0 Å². The molecule has 1 atom stereocenters. The van der Waals surface area contributed by atoms with Gasteiger partial charge >= 0.3 is 5.97 Å². The number of carbonyl (C=O) groups is 2. The van der Waals surface area contributed by atoms with Gasteiger partial charge in [0.2, 0.25) is 4.87 Å². The zero-order chi connectivity index (χ0) is 15.8. The average molecular weight is 356 g/mol. The molecule has 0 aliphatic carbocycles. The summed E-state index contributed by atoms with van der Waals surface area (Å²) in [4.78, 5) is 23.0. The van der Waals surface area contributed by atoms with E-state index in [1.165, 1.54) is 11.8 Å². The van der Waals surface area contributed by atoms with Gasteiger partial charge in [-0.15, -0.1) is 35.3 Å². The van der Waals surface area contributed by atoms with E-state index in [1.54, 1.807) is 43.0 Å². The van der Waals surface area contributed by atoms with Gasteiger partial charge in [-0.2, -0.15) is 0 Å². The molecule has 0 aliphatic heterocycles. The molecular formula is C12H21NO3S4. The van der Waals surface area contributed by atoms with Crippen LogP contribution in [0.4, 0.5) is 4.79 Å². The van der Waals surface area contributed by atoms with Gasteiger partial charge in [0, 0.05) is 4.24 Å². The summed E-state index contributed by atoms with van der Waals surface area (Å²) in [5.41, 5.74) is 0.797. The molecule has 0 aromatic carbocycles. The van der Waals surface area contributed by atoms with Crippen LogP contribution >= 0.6 is 47.0 Å². The lowest BCUT2D eigenvalue weighted by Crippen LogP contribution is -2.52. The second-order valence-corrected chi connectivity index (χ2v) is 7.23. The Kier molecular flexibility index (Phi) is 9.96. The molecule has 0 spiro atoms. The molecule has 0 aromatic heterocycles. The van der Waals surface area contributed by atoms with E-state index in [0.29, 0.717) is 0 Å². The number of ether oxygens (including phenoxy) is 1. The quantitative estimate of drug-likeness (QED) is 0.552. The van der Waals surface area contributed by atoms with E-state index in [-0.39, 0.29) is 11.8 Å². The summed E-state index contributed by atoms with van der Waals surface area (Å²) < 4.78 is 6.16. The molecule has 1 unspecified atom stereocenters.